The Morgan fingerprint density at radius 2 is 1.74 bits per heavy atom. The second-order valence-electron chi connectivity index (χ2n) is 9.44. The van der Waals surface area contributed by atoms with E-state index in [1.165, 1.54) is 12.1 Å². The fraction of sp³-hybridized carbons (Fsp3) is 0.296. The lowest BCUT2D eigenvalue weighted by atomic mass is 9.96. The van der Waals surface area contributed by atoms with Gasteiger partial charge in [0, 0.05) is 18.7 Å². The van der Waals surface area contributed by atoms with Gasteiger partial charge in [0.2, 0.25) is 5.91 Å². The lowest BCUT2D eigenvalue weighted by molar-refractivity contribution is -0.119. The number of aryl methyl sites for hydroxylation is 1. The zero-order valence-electron chi connectivity index (χ0n) is 19.3. The number of anilines is 3. The average molecular weight is 457 g/mol. The first-order valence-electron chi connectivity index (χ1n) is 11.6. The van der Waals surface area contributed by atoms with Gasteiger partial charge in [-0.25, -0.2) is 9.37 Å². The van der Waals surface area contributed by atoms with E-state index in [2.05, 4.69) is 4.90 Å². The van der Waals surface area contributed by atoms with Crippen molar-refractivity contribution in [3.8, 4) is 0 Å². The van der Waals surface area contributed by atoms with Gasteiger partial charge in [0.15, 0.2) is 5.82 Å². The minimum atomic E-state index is -0.413. The number of carbonyl (C=O) groups excluding carboxylic acids is 2. The van der Waals surface area contributed by atoms with Crippen molar-refractivity contribution >= 4 is 29.1 Å². The number of likely N-dealkylation sites (N-methyl/N-ethyl adjacent to an activating group) is 1. The van der Waals surface area contributed by atoms with Crippen molar-refractivity contribution in [1.29, 1.82) is 0 Å². The van der Waals surface area contributed by atoms with Crippen molar-refractivity contribution in [2.75, 3.05) is 21.7 Å². The van der Waals surface area contributed by atoms with Gasteiger partial charge in [-0.15, -0.1) is 0 Å². The molecule has 0 spiro atoms. The molecule has 0 bridgehead atoms. The van der Waals surface area contributed by atoms with Gasteiger partial charge in [0.1, 0.15) is 17.7 Å². The number of rotatable bonds is 3. The molecule has 6 rings (SSSR count). The Hall–Kier alpha value is -3.74. The largest absolute Gasteiger partial charge is 0.340 e. The molecular formula is C27H25FN4O2. The normalized spacial score (nSPS) is 21.7. The lowest BCUT2D eigenvalue weighted by Gasteiger charge is -2.40. The first-order chi connectivity index (χ1) is 16.3. The number of amides is 2. The summed E-state index contributed by atoms with van der Waals surface area (Å²) >= 11 is 0. The van der Waals surface area contributed by atoms with Crippen molar-refractivity contribution in [3.05, 3.63) is 82.7 Å². The Balaban J connectivity index is 1.51. The molecule has 1 aromatic heterocycles. The van der Waals surface area contributed by atoms with Crippen LogP contribution < -0.4 is 14.7 Å². The highest BCUT2D eigenvalue weighted by molar-refractivity contribution is 6.12. The van der Waals surface area contributed by atoms with Crippen LogP contribution in [0.2, 0.25) is 0 Å². The Labute approximate surface area is 197 Å². The van der Waals surface area contributed by atoms with Crippen LogP contribution in [-0.2, 0) is 4.79 Å². The second-order valence-corrected chi connectivity index (χ2v) is 9.44. The highest BCUT2D eigenvalue weighted by atomic mass is 19.1. The van der Waals surface area contributed by atoms with Gasteiger partial charge < -0.3 is 9.80 Å². The molecule has 2 atom stereocenters. The Kier molecular flexibility index (Phi) is 4.52. The summed E-state index contributed by atoms with van der Waals surface area (Å²) in [5.74, 6) is 0.836. The molecule has 3 aromatic rings. The molecule has 1 aliphatic carbocycles. The number of carbonyl (C=O) groups is 2. The topological polar surface area (TPSA) is 56.8 Å². The summed E-state index contributed by atoms with van der Waals surface area (Å²) in [4.78, 5) is 37.0. The molecule has 2 aliphatic heterocycles. The summed E-state index contributed by atoms with van der Waals surface area (Å²) in [6.45, 7) is 3.87. The lowest BCUT2D eigenvalue weighted by Crippen LogP contribution is -2.52. The van der Waals surface area contributed by atoms with Crippen molar-refractivity contribution in [2.45, 2.75) is 44.8 Å². The van der Waals surface area contributed by atoms with Crippen molar-refractivity contribution in [3.63, 3.8) is 0 Å². The molecule has 0 radical (unpaired) electrons. The Bertz CT molecular complexity index is 1330. The van der Waals surface area contributed by atoms with Gasteiger partial charge in [0.25, 0.3) is 5.91 Å². The number of halogens is 1. The van der Waals surface area contributed by atoms with E-state index >= 15 is 0 Å². The summed E-state index contributed by atoms with van der Waals surface area (Å²) in [6.07, 6.45) is 2.05. The third-order valence-electron chi connectivity index (χ3n) is 7.13. The predicted molar refractivity (Wildman–Crippen MR) is 129 cm³/mol. The summed E-state index contributed by atoms with van der Waals surface area (Å²) in [5, 5.41) is 0. The van der Waals surface area contributed by atoms with Crippen LogP contribution in [-0.4, -0.2) is 35.9 Å². The summed E-state index contributed by atoms with van der Waals surface area (Å²) < 4.78 is 13.7. The number of pyridine rings is 1. The van der Waals surface area contributed by atoms with E-state index in [1.807, 2.05) is 38.1 Å². The number of aromatic nitrogens is 1. The molecule has 0 N–H and O–H groups in total. The molecule has 1 saturated carbocycles. The van der Waals surface area contributed by atoms with Crippen LogP contribution in [0.3, 0.4) is 0 Å². The third kappa shape index (κ3) is 3.03. The first kappa shape index (κ1) is 20.8. The molecule has 7 heteroatoms. The molecule has 34 heavy (non-hydrogen) atoms. The number of nitrogens with zero attached hydrogens (tertiary/aromatic N) is 4. The van der Waals surface area contributed by atoms with Crippen LogP contribution in [0.1, 0.15) is 52.9 Å². The van der Waals surface area contributed by atoms with Gasteiger partial charge >= 0.3 is 0 Å². The summed E-state index contributed by atoms with van der Waals surface area (Å²) in [6, 6.07) is 15.4. The van der Waals surface area contributed by atoms with E-state index in [0.29, 0.717) is 11.4 Å². The Morgan fingerprint density at radius 3 is 2.44 bits per heavy atom. The third-order valence-corrected chi connectivity index (χ3v) is 7.13. The van der Waals surface area contributed by atoms with E-state index in [1.54, 1.807) is 35.0 Å². The number of fused-ring (bicyclic) bond motifs is 2. The van der Waals surface area contributed by atoms with Crippen LogP contribution >= 0.6 is 0 Å². The molecule has 172 valence electrons. The molecule has 2 amide bonds. The van der Waals surface area contributed by atoms with Gasteiger partial charge in [-0.1, -0.05) is 29.8 Å². The summed E-state index contributed by atoms with van der Waals surface area (Å²) in [7, 11) is 1.77. The Morgan fingerprint density at radius 1 is 1.00 bits per heavy atom. The van der Waals surface area contributed by atoms with Crippen LogP contribution in [0.15, 0.2) is 54.6 Å². The first-order valence-corrected chi connectivity index (χ1v) is 11.6. The minimum Gasteiger partial charge on any atom is -0.340 e. The second kappa shape index (κ2) is 7.38. The SMILES string of the molecule is Cc1ccc2c(c1)C(=O)N(c1ccc3c(n1)N(C1CC1)C(C)C(=O)N3C)C2c1ccc(F)cc1. The quantitative estimate of drug-likeness (QED) is 0.578. The fourth-order valence-corrected chi connectivity index (χ4v) is 5.25. The average Bonchev–Trinajstić information content (AvgIpc) is 3.62. The zero-order chi connectivity index (χ0) is 23.7. The molecule has 0 saturated heterocycles. The van der Waals surface area contributed by atoms with Gasteiger partial charge in [-0.3, -0.25) is 14.5 Å². The highest BCUT2D eigenvalue weighted by Crippen LogP contribution is 2.45. The van der Waals surface area contributed by atoms with E-state index in [4.69, 9.17) is 4.98 Å². The summed E-state index contributed by atoms with van der Waals surface area (Å²) in [5.41, 5.74) is 4.07. The predicted octanol–water partition coefficient (Wildman–Crippen LogP) is 4.61. The molecule has 3 heterocycles. The van der Waals surface area contributed by atoms with Crippen molar-refractivity contribution < 1.29 is 14.0 Å². The molecule has 2 unspecified atom stereocenters. The fourth-order valence-electron chi connectivity index (χ4n) is 5.25. The smallest absolute Gasteiger partial charge is 0.260 e. The standard InChI is InChI=1S/C27H25FN4O2/c1-15-4-11-20-21(14-15)27(34)32(24(20)17-5-7-18(28)8-6-17)23-13-12-22-25(29-23)31(19-9-10-19)16(2)26(33)30(22)3/h4-8,11-14,16,19,24H,9-10H2,1-3H3. The zero-order valence-corrected chi connectivity index (χ0v) is 19.3. The van der Waals surface area contributed by atoms with Crippen LogP contribution in [0.25, 0.3) is 0 Å². The maximum Gasteiger partial charge on any atom is 0.260 e. The monoisotopic (exact) mass is 456 g/mol. The van der Waals surface area contributed by atoms with Gasteiger partial charge in [-0.2, -0.15) is 0 Å². The number of benzene rings is 2. The molecule has 1 fully saturated rings. The van der Waals surface area contributed by atoms with E-state index in [-0.39, 0.29) is 29.7 Å². The van der Waals surface area contributed by atoms with Crippen molar-refractivity contribution in [1.82, 2.24) is 4.98 Å². The molecule has 6 nitrogen and oxygen atoms in total. The van der Waals surface area contributed by atoms with Crippen LogP contribution in [0.4, 0.5) is 21.7 Å². The van der Waals surface area contributed by atoms with Crippen LogP contribution in [0.5, 0.6) is 0 Å². The van der Waals surface area contributed by atoms with Crippen molar-refractivity contribution in [2.24, 2.45) is 0 Å². The van der Waals surface area contributed by atoms with E-state index in [9.17, 15) is 14.0 Å². The molecular weight excluding hydrogens is 431 g/mol. The van der Waals surface area contributed by atoms with Crippen LogP contribution in [0, 0.1) is 12.7 Å². The van der Waals surface area contributed by atoms with Gasteiger partial charge in [-0.05, 0) is 68.1 Å². The van der Waals surface area contributed by atoms with Gasteiger partial charge in [0.05, 0.1) is 11.7 Å². The molecule has 2 aromatic carbocycles. The van der Waals surface area contributed by atoms with E-state index in [0.717, 1.165) is 41.0 Å². The number of hydrogen-bond donors (Lipinski definition) is 0. The maximum absolute atomic E-state index is 13.7. The molecule has 3 aliphatic rings. The maximum atomic E-state index is 13.7. The van der Waals surface area contributed by atoms with E-state index < -0.39 is 6.04 Å². The minimum absolute atomic E-state index is 0.0401. The number of hydrogen-bond acceptors (Lipinski definition) is 4. The highest BCUT2D eigenvalue weighted by Gasteiger charge is 2.44.